The number of sulfonamides is 1. The molecule has 2 aromatic rings. The highest BCUT2D eigenvalue weighted by Gasteiger charge is 2.31. The predicted molar refractivity (Wildman–Crippen MR) is 106 cm³/mol. The summed E-state index contributed by atoms with van der Waals surface area (Å²) in [4.78, 5) is 18.0. The standard InChI is InChI=1S/C17H19N3O3S3/c1-12(17(21)18-8-10-24-11-13-5-4-9-25-13)19-16-14-6-2-3-7-15(14)26(22,23)20-16/h2-7,9,12H,8,10-11H2,1H3,(H,18,21)(H,19,20)/t12-/m0/s1. The number of amides is 1. The van der Waals surface area contributed by atoms with Gasteiger partial charge in [0, 0.05) is 28.5 Å². The molecule has 1 aromatic heterocycles. The van der Waals surface area contributed by atoms with Crippen LogP contribution in [0.3, 0.4) is 0 Å². The summed E-state index contributed by atoms with van der Waals surface area (Å²) in [7, 11) is -3.59. The average molecular weight is 410 g/mol. The van der Waals surface area contributed by atoms with Crippen molar-refractivity contribution in [2.45, 2.75) is 23.6 Å². The molecule has 9 heteroatoms. The minimum atomic E-state index is -3.59. The first-order valence-corrected chi connectivity index (χ1v) is 11.6. The van der Waals surface area contributed by atoms with E-state index in [-0.39, 0.29) is 16.6 Å². The van der Waals surface area contributed by atoms with Crippen LogP contribution in [0, 0.1) is 0 Å². The Kier molecular flexibility index (Phi) is 6.00. The van der Waals surface area contributed by atoms with Crippen LogP contribution < -0.4 is 10.0 Å². The van der Waals surface area contributed by atoms with Gasteiger partial charge in [0.25, 0.3) is 10.0 Å². The second kappa shape index (κ2) is 8.24. The van der Waals surface area contributed by atoms with Gasteiger partial charge in [-0.2, -0.15) is 11.8 Å². The van der Waals surface area contributed by atoms with Crippen molar-refractivity contribution in [3.8, 4) is 0 Å². The van der Waals surface area contributed by atoms with E-state index in [4.69, 9.17) is 0 Å². The minimum Gasteiger partial charge on any atom is -0.353 e. The second-order valence-electron chi connectivity index (χ2n) is 5.68. The number of aliphatic imine (C=N–C) groups is 1. The quantitative estimate of drug-likeness (QED) is 0.687. The molecule has 1 aliphatic rings. The Labute approximate surface area is 161 Å². The van der Waals surface area contributed by atoms with Crippen LogP contribution in [0.25, 0.3) is 0 Å². The molecule has 0 unspecified atom stereocenters. The molecule has 2 N–H and O–H groups in total. The molecule has 0 saturated carbocycles. The molecule has 3 rings (SSSR count). The van der Waals surface area contributed by atoms with Crippen LogP contribution >= 0.6 is 23.1 Å². The van der Waals surface area contributed by atoms with Gasteiger partial charge in [0.1, 0.15) is 11.9 Å². The highest BCUT2D eigenvalue weighted by Crippen LogP contribution is 2.22. The van der Waals surface area contributed by atoms with Gasteiger partial charge in [0.2, 0.25) is 5.91 Å². The first-order chi connectivity index (χ1) is 12.5. The zero-order chi connectivity index (χ0) is 18.6. The zero-order valence-corrected chi connectivity index (χ0v) is 16.6. The summed E-state index contributed by atoms with van der Waals surface area (Å²) < 4.78 is 26.5. The molecule has 0 saturated heterocycles. The number of nitrogens with zero attached hydrogens (tertiary/aromatic N) is 1. The Morgan fingerprint density at radius 1 is 1.31 bits per heavy atom. The molecule has 1 atom stereocenters. The number of hydrogen-bond acceptors (Lipinski definition) is 6. The first kappa shape index (κ1) is 18.9. The number of benzene rings is 1. The number of rotatable bonds is 7. The predicted octanol–water partition coefficient (Wildman–Crippen LogP) is 2.22. The number of nitrogens with one attached hydrogen (secondary N) is 2. The molecule has 1 aliphatic heterocycles. The smallest absolute Gasteiger partial charge is 0.263 e. The number of thiophene rings is 1. The largest absolute Gasteiger partial charge is 0.353 e. The van der Waals surface area contributed by atoms with Crippen LogP contribution in [-0.4, -0.2) is 38.5 Å². The summed E-state index contributed by atoms with van der Waals surface area (Å²) in [6.07, 6.45) is 0. The van der Waals surface area contributed by atoms with Crippen molar-refractivity contribution >= 4 is 44.9 Å². The first-order valence-electron chi connectivity index (χ1n) is 8.05. The Morgan fingerprint density at radius 3 is 2.88 bits per heavy atom. The Morgan fingerprint density at radius 2 is 2.12 bits per heavy atom. The van der Waals surface area contributed by atoms with Crippen molar-refractivity contribution in [1.29, 1.82) is 0 Å². The fraction of sp³-hybridized carbons (Fsp3) is 0.294. The Bertz CT molecular complexity index is 908. The lowest BCUT2D eigenvalue weighted by molar-refractivity contribution is -0.121. The van der Waals surface area contributed by atoms with E-state index in [0.29, 0.717) is 12.1 Å². The van der Waals surface area contributed by atoms with Crippen LogP contribution in [0.15, 0.2) is 51.7 Å². The fourth-order valence-electron chi connectivity index (χ4n) is 2.44. The zero-order valence-electron chi connectivity index (χ0n) is 14.1. The monoisotopic (exact) mass is 409 g/mol. The molecule has 2 heterocycles. The normalized spacial score (nSPS) is 17.5. The van der Waals surface area contributed by atoms with E-state index in [9.17, 15) is 13.2 Å². The molecule has 0 radical (unpaired) electrons. The van der Waals surface area contributed by atoms with Gasteiger partial charge in [-0.1, -0.05) is 18.2 Å². The van der Waals surface area contributed by atoms with Gasteiger partial charge in [-0.25, -0.2) is 8.42 Å². The maximum atomic E-state index is 12.2. The van der Waals surface area contributed by atoms with E-state index in [1.807, 2.05) is 11.4 Å². The fourth-order valence-corrected chi connectivity index (χ4v) is 5.38. The third kappa shape index (κ3) is 4.46. The van der Waals surface area contributed by atoms with Gasteiger partial charge < -0.3 is 5.32 Å². The lowest BCUT2D eigenvalue weighted by atomic mass is 10.2. The molecular weight excluding hydrogens is 390 g/mol. The number of fused-ring (bicyclic) bond motifs is 1. The topological polar surface area (TPSA) is 87.6 Å². The molecule has 26 heavy (non-hydrogen) atoms. The van der Waals surface area contributed by atoms with E-state index >= 15 is 0 Å². The molecule has 6 nitrogen and oxygen atoms in total. The van der Waals surface area contributed by atoms with Gasteiger partial charge in [0.05, 0.1) is 4.90 Å². The summed E-state index contributed by atoms with van der Waals surface area (Å²) in [5, 5.41) is 4.89. The van der Waals surface area contributed by atoms with Gasteiger partial charge >= 0.3 is 0 Å². The summed E-state index contributed by atoms with van der Waals surface area (Å²) in [6.45, 7) is 2.20. The molecule has 1 aromatic carbocycles. The Hall–Kier alpha value is -1.84. The van der Waals surface area contributed by atoms with Crippen LogP contribution in [0.1, 0.15) is 17.4 Å². The molecule has 0 bridgehead atoms. The number of hydrogen-bond donors (Lipinski definition) is 2. The van der Waals surface area contributed by atoms with Crippen molar-refractivity contribution in [3.05, 3.63) is 52.2 Å². The van der Waals surface area contributed by atoms with Crippen molar-refractivity contribution in [1.82, 2.24) is 10.0 Å². The molecule has 0 spiro atoms. The maximum Gasteiger partial charge on any atom is 0.263 e. The molecular formula is C17H19N3O3S3. The van der Waals surface area contributed by atoms with Gasteiger partial charge in [-0.05, 0) is 30.5 Å². The SMILES string of the molecule is C[C@H](N=C1NS(=O)(=O)c2ccccc21)C(=O)NCCSCc1cccs1. The summed E-state index contributed by atoms with van der Waals surface area (Å²) in [6, 6.07) is 10.0. The van der Waals surface area contributed by atoms with Gasteiger partial charge in [-0.3, -0.25) is 14.5 Å². The number of carbonyl (C=O) groups excluding carboxylic acids is 1. The summed E-state index contributed by atoms with van der Waals surface area (Å²) >= 11 is 3.48. The van der Waals surface area contributed by atoms with Crippen molar-refractivity contribution in [2.75, 3.05) is 12.3 Å². The minimum absolute atomic E-state index is 0.191. The summed E-state index contributed by atoms with van der Waals surface area (Å²) in [5.74, 6) is 1.74. The molecule has 1 amide bonds. The van der Waals surface area contributed by atoms with Crippen molar-refractivity contribution in [2.24, 2.45) is 4.99 Å². The second-order valence-corrected chi connectivity index (χ2v) is 9.47. The summed E-state index contributed by atoms with van der Waals surface area (Å²) in [5.41, 5.74) is 0.499. The van der Waals surface area contributed by atoms with Gasteiger partial charge in [-0.15, -0.1) is 11.3 Å². The number of thioether (sulfide) groups is 1. The van der Waals surface area contributed by atoms with Crippen LogP contribution in [0.4, 0.5) is 0 Å². The molecule has 0 fully saturated rings. The lowest BCUT2D eigenvalue weighted by Crippen LogP contribution is -2.35. The van der Waals surface area contributed by atoms with Crippen LogP contribution in [0.5, 0.6) is 0 Å². The maximum absolute atomic E-state index is 12.2. The van der Waals surface area contributed by atoms with E-state index < -0.39 is 16.1 Å². The lowest BCUT2D eigenvalue weighted by Gasteiger charge is -2.09. The third-order valence-corrected chi connectivity index (χ3v) is 7.20. The Balaban J connectivity index is 1.52. The van der Waals surface area contributed by atoms with E-state index in [1.165, 1.54) is 10.9 Å². The van der Waals surface area contributed by atoms with E-state index in [2.05, 4.69) is 21.1 Å². The highest BCUT2D eigenvalue weighted by molar-refractivity contribution is 7.98. The average Bonchev–Trinajstić information content (AvgIpc) is 3.21. The third-order valence-electron chi connectivity index (χ3n) is 3.73. The van der Waals surface area contributed by atoms with Crippen LogP contribution in [0.2, 0.25) is 0 Å². The highest BCUT2D eigenvalue weighted by atomic mass is 32.2. The van der Waals surface area contributed by atoms with Crippen molar-refractivity contribution < 1.29 is 13.2 Å². The van der Waals surface area contributed by atoms with Crippen LogP contribution in [-0.2, 0) is 20.6 Å². The van der Waals surface area contributed by atoms with E-state index in [1.54, 1.807) is 48.2 Å². The molecule has 0 aliphatic carbocycles. The van der Waals surface area contributed by atoms with Gasteiger partial charge in [0.15, 0.2) is 0 Å². The molecule has 138 valence electrons. The van der Waals surface area contributed by atoms with E-state index in [0.717, 1.165) is 11.5 Å². The number of carbonyl (C=O) groups is 1. The number of amidine groups is 1. The van der Waals surface area contributed by atoms with Crippen molar-refractivity contribution in [3.63, 3.8) is 0 Å².